The molecule has 0 amide bonds. The van der Waals surface area contributed by atoms with Gasteiger partial charge in [-0.2, -0.15) is 5.10 Å². The van der Waals surface area contributed by atoms with Crippen LogP contribution in [0.2, 0.25) is 0 Å². The standard InChI is InChI=1S/C14H28N4/c1-8-11(4)17(6)14-13(9-15-10(2)3)12(5)16-18(14)7/h10-11,15H,8-9H2,1-7H3. The van der Waals surface area contributed by atoms with Crippen molar-refractivity contribution in [2.24, 2.45) is 7.05 Å². The van der Waals surface area contributed by atoms with Crippen LogP contribution >= 0.6 is 0 Å². The van der Waals surface area contributed by atoms with Crippen LogP contribution in [0, 0.1) is 6.92 Å². The molecule has 0 bridgehead atoms. The van der Waals surface area contributed by atoms with E-state index in [1.165, 1.54) is 11.4 Å². The summed E-state index contributed by atoms with van der Waals surface area (Å²) in [4.78, 5) is 2.33. The topological polar surface area (TPSA) is 33.1 Å². The maximum absolute atomic E-state index is 4.56. The predicted octanol–water partition coefficient (Wildman–Crippen LogP) is 2.46. The molecule has 0 aliphatic heterocycles. The second kappa shape index (κ2) is 6.23. The van der Waals surface area contributed by atoms with Gasteiger partial charge >= 0.3 is 0 Å². The summed E-state index contributed by atoms with van der Waals surface area (Å²) in [6, 6.07) is 1.02. The highest BCUT2D eigenvalue weighted by atomic mass is 15.4. The molecule has 0 aromatic carbocycles. The number of nitrogens with one attached hydrogen (secondary N) is 1. The van der Waals surface area contributed by atoms with Crippen molar-refractivity contribution in [1.29, 1.82) is 0 Å². The summed E-state index contributed by atoms with van der Waals surface area (Å²) in [5, 5.41) is 8.05. The van der Waals surface area contributed by atoms with Crippen molar-refractivity contribution in [3.63, 3.8) is 0 Å². The average Bonchev–Trinajstić information content (AvgIpc) is 2.59. The molecule has 1 unspecified atom stereocenters. The molecule has 1 aromatic rings. The Morgan fingerprint density at radius 3 is 2.44 bits per heavy atom. The van der Waals surface area contributed by atoms with Gasteiger partial charge in [0.05, 0.1) is 5.69 Å². The van der Waals surface area contributed by atoms with Gasteiger partial charge in [-0.25, -0.2) is 0 Å². The minimum atomic E-state index is 0.492. The quantitative estimate of drug-likeness (QED) is 0.844. The van der Waals surface area contributed by atoms with Gasteiger partial charge in [0.1, 0.15) is 5.82 Å². The minimum absolute atomic E-state index is 0.492. The molecule has 1 N–H and O–H groups in total. The molecule has 0 aliphatic rings. The van der Waals surface area contributed by atoms with Crippen LogP contribution in [0.1, 0.15) is 45.4 Å². The second-order valence-electron chi connectivity index (χ2n) is 5.41. The van der Waals surface area contributed by atoms with E-state index in [4.69, 9.17) is 0 Å². The van der Waals surface area contributed by atoms with Crippen LogP contribution < -0.4 is 10.2 Å². The van der Waals surface area contributed by atoms with Crippen molar-refractivity contribution in [2.75, 3.05) is 11.9 Å². The van der Waals surface area contributed by atoms with Crippen molar-refractivity contribution in [3.05, 3.63) is 11.3 Å². The van der Waals surface area contributed by atoms with E-state index >= 15 is 0 Å². The van der Waals surface area contributed by atoms with E-state index in [2.05, 4.69) is 57.0 Å². The molecule has 4 heteroatoms. The molecule has 1 aromatic heterocycles. The lowest BCUT2D eigenvalue weighted by Crippen LogP contribution is -2.31. The highest BCUT2D eigenvalue weighted by Gasteiger charge is 2.19. The maximum Gasteiger partial charge on any atom is 0.131 e. The molecule has 0 spiro atoms. The predicted molar refractivity (Wildman–Crippen MR) is 78.1 cm³/mol. The molecule has 1 heterocycles. The Labute approximate surface area is 111 Å². The Bertz CT molecular complexity index is 381. The monoisotopic (exact) mass is 252 g/mol. The number of hydrogen-bond donors (Lipinski definition) is 1. The Hall–Kier alpha value is -1.03. The normalized spacial score (nSPS) is 13.1. The molecule has 1 rings (SSSR count). The molecular formula is C14H28N4. The number of nitrogens with zero attached hydrogens (tertiary/aromatic N) is 3. The Morgan fingerprint density at radius 2 is 1.94 bits per heavy atom. The van der Waals surface area contributed by atoms with E-state index in [9.17, 15) is 0 Å². The van der Waals surface area contributed by atoms with Gasteiger partial charge in [0.25, 0.3) is 0 Å². The first kappa shape index (κ1) is 15.0. The largest absolute Gasteiger partial charge is 0.357 e. The van der Waals surface area contributed by atoms with Gasteiger partial charge in [0.15, 0.2) is 0 Å². The van der Waals surface area contributed by atoms with Crippen molar-refractivity contribution in [3.8, 4) is 0 Å². The fourth-order valence-electron chi connectivity index (χ4n) is 2.13. The lowest BCUT2D eigenvalue weighted by Gasteiger charge is -2.27. The Kier molecular flexibility index (Phi) is 5.20. The zero-order valence-corrected chi connectivity index (χ0v) is 12.9. The molecule has 0 saturated carbocycles. The Morgan fingerprint density at radius 1 is 1.33 bits per heavy atom. The van der Waals surface area contributed by atoms with Crippen LogP contribution in [0.15, 0.2) is 0 Å². The third kappa shape index (κ3) is 3.25. The van der Waals surface area contributed by atoms with E-state index in [1.807, 2.05) is 11.7 Å². The first-order valence-corrected chi connectivity index (χ1v) is 6.87. The van der Waals surface area contributed by atoms with Crippen LogP contribution in [0.3, 0.4) is 0 Å². The van der Waals surface area contributed by atoms with Gasteiger partial charge in [-0.05, 0) is 20.3 Å². The molecule has 18 heavy (non-hydrogen) atoms. The maximum atomic E-state index is 4.56. The van der Waals surface area contributed by atoms with E-state index in [-0.39, 0.29) is 0 Å². The van der Waals surface area contributed by atoms with Crippen LogP contribution in [0.25, 0.3) is 0 Å². The van der Waals surface area contributed by atoms with E-state index < -0.39 is 0 Å². The third-order valence-electron chi connectivity index (χ3n) is 3.59. The molecule has 0 aliphatic carbocycles. The van der Waals surface area contributed by atoms with Gasteiger partial charge in [-0.15, -0.1) is 0 Å². The highest BCUT2D eigenvalue weighted by molar-refractivity contribution is 5.50. The third-order valence-corrected chi connectivity index (χ3v) is 3.59. The summed E-state index contributed by atoms with van der Waals surface area (Å²) < 4.78 is 2.00. The minimum Gasteiger partial charge on any atom is -0.357 e. The molecule has 4 nitrogen and oxygen atoms in total. The van der Waals surface area contributed by atoms with E-state index in [1.54, 1.807) is 0 Å². The summed E-state index contributed by atoms with van der Waals surface area (Å²) in [7, 11) is 4.18. The molecule has 0 fully saturated rings. The summed E-state index contributed by atoms with van der Waals surface area (Å²) >= 11 is 0. The number of aryl methyl sites for hydroxylation is 2. The van der Waals surface area contributed by atoms with Gasteiger partial charge in [0, 0.05) is 38.3 Å². The summed E-state index contributed by atoms with van der Waals surface area (Å²) in [6.45, 7) is 11.8. The fourth-order valence-corrected chi connectivity index (χ4v) is 2.13. The molecule has 0 saturated heterocycles. The summed E-state index contributed by atoms with van der Waals surface area (Å²) in [6.07, 6.45) is 1.14. The van der Waals surface area contributed by atoms with Crippen LogP contribution in [0.5, 0.6) is 0 Å². The zero-order chi connectivity index (χ0) is 13.9. The number of anilines is 1. The SMILES string of the molecule is CCC(C)N(C)c1c(CNC(C)C)c(C)nn1C. The molecule has 0 radical (unpaired) electrons. The lowest BCUT2D eigenvalue weighted by molar-refractivity contribution is 0.582. The van der Waals surface area contributed by atoms with Crippen LogP contribution in [-0.4, -0.2) is 28.9 Å². The van der Waals surface area contributed by atoms with Gasteiger partial charge in [-0.1, -0.05) is 20.8 Å². The summed E-state index contributed by atoms with van der Waals surface area (Å²) in [5.41, 5.74) is 2.44. The van der Waals surface area contributed by atoms with Crippen molar-refractivity contribution in [2.45, 2.75) is 59.7 Å². The molecule has 104 valence electrons. The highest BCUT2D eigenvalue weighted by Crippen LogP contribution is 2.24. The summed E-state index contributed by atoms with van der Waals surface area (Å²) in [5.74, 6) is 1.23. The number of rotatable bonds is 6. The van der Waals surface area contributed by atoms with Crippen molar-refractivity contribution < 1.29 is 0 Å². The first-order valence-electron chi connectivity index (χ1n) is 6.87. The zero-order valence-electron chi connectivity index (χ0n) is 12.9. The molecule has 1 atom stereocenters. The molecular weight excluding hydrogens is 224 g/mol. The fraction of sp³-hybridized carbons (Fsp3) is 0.786. The Balaban J connectivity index is 3.01. The second-order valence-corrected chi connectivity index (χ2v) is 5.41. The first-order chi connectivity index (χ1) is 8.38. The van der Waals surface area contributed by atoms with Crippen LogP contribution in [0.4, 0.5) is 5.82 Å². The van der Waals surface area contributed by atoms with Crippen molar-refractivity contribution in [1.82, 2.24) is 15.1 Å². The van der Waals surface area contributed by atoms with Gasteiger partial charge in [-0.3, -0.25) is 4.68 Å². The van der Waals surface area contributed by atoms with Crippen LogP contribution in [-0.2, 0) is 13.6 Å². The number of hydrogen-bond acceptors (Lipinski definition) is 3. The van der Waals surface area contributed by atoms with E-state index in [0.717, 1.165) is 18.7 Å². The van der Waals surface area contributed by atoms with Crippen molar-refractivity contribution >= 4 is 5.82 Å². The van der Waals surface area contributed by atoms with Gasteiger partial charge < -0.3 is 10.2 Å². The lowest BCUT2D eigenvalue weighted by atomic mass is 10.1. The smallest absolute Gasteiger partial charge is 0.131 e. The van der Waals surface area contributed by atoms with E-state index in [0.29, 0.717) is 12.1 Å². The average molecular weight is 252 g/mol. The van der Waals surface area contributed by atoms with Gasteiger partial charge in [0.2, 0.25) is 0 Å². The number of aromatic nitrogens is 2.